The smallest absolute Gasteiger partial charge is 0.153 e. The van der Waals surface area contributed by atoms with E-state index in [9.17, 15) is 0 Å². The quantitative estimate of drug-likeness (QED) is 0.676. The fraction of sp³-hybridized carbons (Fsp3) is 0.304. The molecule has 28 heavy (non-hydrogen) atoms. The monoisotopic (exact) mass is 372 g/mol. The van der Waals surface area contributed by atoms with Crippen molar-refractivity contribution in [3.8, 4) is 17.7 Å². The van der Waals surface area contributed by atoms with Gasteiger partial charge in [0.1, 0.15) is 0 Å². The molecule has 0 unspecified atom stereocenters. The van der Waals surface area contributed by atoms with Crippen molar-refractivity contribution in [1.29, 1.82) is 0 Å². The van der Waals surface area contributed by atoms with E-state index in [-0.39, 0.29) is 6.61 Å². The lowest BCUT2D eigenvalue weighted by Crippen LogP contribution is -2.25. The zero-order valence-electron chi connectivity index (χ0n) is 15.8. The summed E-state index contributed by atoms with van der Waals surface area (Å²) in [5.74, 6) is 6.89. The molecule has 0 saturated heterocycles. The van der Waals surface area contributed by atoms with Crippen molar-refractivity contribution < 1.29 is 5.11 Å². The minimum Gasteiger partial charge on any atom is -0.395 e. The predicted molar refractivity (Wildman–Crippen MR) is 109 cm³/mol. The van der Waals surface area contributed by atoms with Gasteiger partial charge in [0.25, 0.3) is 0 Å². The van der Waals surface area contributed by atoms with E-state index in [1.165, 1.54) is 16.8 Å². The first kappa shape index (κ1) is 18.4. The predicted octanol–water partition coefficient (Wildman–Crippen LogP) is 3.17. The van der Waals surface area contributed by atoms with Gasteiger partial charge in [0.2, 0.25) is 0 Å². The summed E-state index contributed by atoms with van der Waals surface area (Å²) in [6, 6.07) is 14.5. The molecule has 0 radical (unpaired) electrons. The maximum atomic E-state index is 8.80. The summed E-state index contributed by atoms with van der Waals surface area (Å²) in [6.45, 7) is 0.915. The number of hydrogen-bond acceptors (Lipinski definition) is 4. The number of hydrogen-bond donors (Lipinski definition) is 2. The molecule has 4 rings (SSSR count). The third kappa shape index (κ3) is 4.14. The fourth-order valence-corrected chi connectivity index (χ4v) is 3.61. The van der Waals surface area contributed by atoms with Crippen molar-refractivity contribution in [3.05, 3.63) is 77.2 Å². The van der Waals surface area contributed by atoms with E-state index in [0.29, 0.717) is 12.5 Å². The lowest BCUT2D eigenvalue weighted by molar-refractivity contribution is 0.305. The molecule has 1 aromatic carbocycles. The van der Waals surface area contributed by atoms with Gasteiger partial charge in [0.15, 0.2) is 5.82 Å². The largest absolute Gasteiger partial charge is 0.395 e. The molecule has 2 heterocycles. The van der Waals surface area contributed by atoms with Gasteiger partial charge in [0.05, 0.1) is 18.5 Å². The first-order valence-electron chi connectivity index (χ1n) is 9.75. The molecule has 5 nitrogen and oxygen atoms in total. The van der Waals surface area contributed by atoms with Crippen molar-refractivity contribution in [2.75, 3.05) is 6.61 Å². The number of benzene rings is 1. The Kier molecular flexibility index (Phi) is 5.81. The maximum absolute atomic E-state index is 8.80. The summed E-state index contributed by atoms with van der Waals surface area (Å²) in [4.78, 5) is 4.44. The standard InChI is InChI=1S/C23H24N4O/c28-15-4-2-6-18-10-12-19(13-11-18)16-25-21-7-5-8-22-20(21)17-26-27(22)23-9-1-3-14-24-23/h1,3,9-14,17,21,25,28H,4-5,7-8,15-16H2/t21-/m1/s1. The number of fused-ring (bicyclic) bond motifs is 1. The third-order valence-corrected chi connectivity index (χ3v) is 5.03. The molecular formula is C23H24N4O. The highest BCUT2D eigenvalue weighted by Crippen LogP contribution is 2.31. The molecule has 0 amide bonds. The van der Waals surface area contributed by atoms with Gasteiger partial charge in [-0.25, -0.2) is 9.67 Å². The first-order chi connectivity index (χ1) is 13.8. The van der Waals surface area contributed by atoms with Crippen LogP contribution in [0.4, 0.5) is 0 Å². The summed E-state index contributed by atoms with van der Waals surface area (Å²) >= 11 is 0. The molecule has 1 aliphatic rings. The lowest BCUT2D eigenvalue weighted by atomic mass is 9.92. The van der Waals surface area contributed by atoms with Gasteiger partial charge in [-0.3, -0.25) is 0 Å². The minimum atomic E-state index is 0.106. The van der Waals surface area contributed by atoms with Gasteiger partial charge >= 0.3 is 0 Å². The number of rotatable bonds is 5. The van der Waals surface area contributed by atoms with Crippen LogP contribution in [0.15, 0.2) is 54.9 Å². The van der Waals surface area contributed by atoms with Crippen LogP contribution in [-0.4, -0.2) is 26.5 Å². The van der Waals surface area contributed by atoms with Crippen LogP contribution in [0.5, 0.6) is 0 Å². The van der Waals surface area contributed by atoms with Crippen LogP contribution in [0.1, 0.15) is 47.7 Å². The van der Waals surface area contributed by atoms with Crippen LogP contribution in [0.25, 0.3) is 5.82 Å². The average Bonchev–Trinajstić information content (AvgIpc) is 3.19. The van der Waals surface area contributed by atoms with Crippen LogP contribution in [-0.2, 0) is 13.0 Å². The summed E-state index contributed by atoms with van der Waals surface area (Å²) in [6.07, 6.45) is 7.60. The van der Waals surface area contributed by atoms with E-state index < -0.39 is 0 Å². The second-order valence-corrected chi connectivity index (χ2v) is 6.94. The summed E-state index contributed by atoms with van der Waals surface area (Å²) in [5.41, 5.74) is 4.76. The van der Waals surface area contributed by atoms with Gasteiger partial charge in [0, 0.05) is 36.3 Å². The Balaban J connectivity index is 1.44. The van der Waals surface area contributed by atoms with E-state index in [1.54, 1.807) is 6.20 Å². The minimum absolute atomic E-state index is 0.106. The van der Waals surface area contributed by atoms with Crippen molar-refractivity contribution in [2.45, 2.75) is 38.3 Å². The zero-order valence-corrected chi connectivity index (χ0v) is 15.8. The van der Waals surface area contributed by atoms with Gasteiger partial charge in [-0.15, -0.1) is 0 Å². The molecule has 2 N–H and O–H groups in total. The van der Waals surface area contributed by atoms with Crippen LogP contribution >= 0.6 is 0 Å². The Morgan fingerprint density at radius 1 is 1.18 bits per heavy atom. The van der Waals surface area contributed by atoms with Gasteiger partial charge in [-0.05, 0) is 49.1 Å². The van der Waals surface area contributed by atoms with Crippen molar-refractivity contribution in [2.24, 2.45) is 0 Å². The molecule has 0 fully saturated rings. The number of aliphatic hydroxyl groups is 1. The molecule has 0 saturated carbocycles. The normalized spacial score (nSPS) is 15.5. The van der Waals surface area contributed by atoms with Crippen LogP contribution in [0.3, 0.4) is 0 Å². The Labute approximate surface area is 165 Å². The van der Waals surface area contributed by atoms with E-state index in [1.807, 2.05) is 41.2 Å². The van der Waals surface area contributed by atoms with Crippen LogP contribution in [0, 0.1) is 11.8 Å². The number of nitrogens with one attached hydrogen (secondary N) is 1. The Morgan fingerprint density at radius 3 is 2.86 bits per heavy atom. The van der Waals surface area contributed by atoms with Crippen molar-refractivity contribution >= 4 is 0 Å². The van der Waals surface area contributed by atoms with Crippen LogP contribution in [0.2, 0.25) is 0 Å². The third-order valence-electron chi connectivity index (χ3n) is 5.03. The second-order valence-electron chi connectivity index (χ2n) is 6.94. The first-order valence-corrected chi connectivity index (χ1v) is 9.75. The topological polar surface area (TPSA) is 63.0 Å². The number of aliphatic hydroxyl groups excluding tert-OH is 1. The molecule has 1 aliphatic carbocycles. The van der Waals surface area contributed by atoms with E-state index in [4.69, 9.17) is 5.11 Å². The SMILES string of the molecule is OCCC#Cc1ccc(CN[C@@H]2CCCc3c2cnn3-c2ccccn2)cc1. The van der Waals surface area contributed by atoms with Gasteiger partial charge < -0.3 is 10.4 Å². The van der Waals surface area contributed by atoms with E-state index in [0.717, 1.165) is 37.2 Å². The summed E-state index contributed by atoms with van der Waals surface area (Å²) < 4.78 is 1.98. The fourth-order valence-electron chi connectivity index (χ4n) is 3.61. The molecule has 0 spiro atoms. The zero-order chi connectivity index (χ0) is 19.2. The highest BCUT2D eigenvalue weighted by molar-refractivity contribution is 5.36. The molecular weight excluding hydrogens is 348 g/mol. The average molecular weight is 372 g/mol. The highest BCUT2D eigenvalue weighted by atomic mass is 16.2. The molecule has 0 aliphatic heterocycles. The van der Waals surface area contributed by atoms with E-state index in [2.05, 4.69) is 39.4 Å². The van der Waals surface area contributed by atoms with Crippen molar-refractivity contribution in [3.63, 3.8) is 0 Å². The molecule has 142 valence electrons. The number of nitrogens with zero attached hydrogens (tertiary/aromatic N) is 3. The molecule has 3 aromatic rings. The molecule has 2 aromatic heterocycles. The van der Waals surface area contributed by atoms with Crippen molar-refractivity contribution in [1.82, 2.24) is 20.1 Å². The maximum Gasteiger partial charge on any atom is 0.153 e. The number of pyridine rings is 1. The van der Waals surface area contributed by atoms with Crippen LogP contribution < -0.4 is 5.32 Å². The Morgan fingerprint density at radius 2 is 2.07 bits per heavy atom. The molecule has 0 bridgehead atoms. The highest BCUT2D eigenvalue weighted by Gasteiger charge is 2.24. The molecule has 1 atom stereocenters. The molecule has 5 heteroatoms. The Bertz CT molecular complexity index is 967. The number of aromatic nitrogens is 3. The second kappa shape index (κ2) is 8.83. The van der Waals surface area contributed by atoms with Gasteiger partial charge in [-0.2, -0.15) is 5.10 Å². The summed E-state index contributed by atoms with van der Waals surface area (Å²) in [5, 5.41) is 17.1. The summed E-state index contributed by atoms with van der Waals surface area (Å²) in [7, 11) is 0. The van der Waals surface area contributed by atoms with E-state index >= 15 is 0 Å². The lowest BCUT2D eigenvalue weighted by Gasteiger charge is -2.24. The Hall–Kier alpha value is -2.94. The van der Waals surface area contributed by atoms with Gasteiger partial charge in [-0.1, -0.05) is 30.0 Å².